The number of nitrogens with one attached hydrogen (secondary N) is 2. The molecule has 20 heavy (non-hydrogen) atoms. The van der Waals surface area contributed by atoms with E-state index >= 15 is 0 Å². The molecule has 4 nitrogen and oxygen atoms in total. The predicted octanol–water partition coefficient (Wildman–Crippen LogP) is 2.44. The van der Waals surface area contributed by atoms with Crippen LogP contribution in [0.3, 0.4) is 0 Å². The summed E-state index contributed by atoms with van der Waals surface area (Å²) in [6, 6.07) is 1.10. The van der Waals surface area contributed by atoms with Gasteiger partial charge in [0.1, 0.15) is 0 Å². The van der Waals surface area contributed by atoms with Gasteiger partial charge in [-0.3, -0.25) is 4.90 Å². The van der Waals surface area contributed by atoms with Crippen LogP contribution in [0.1, 0.15) is 46.0 Å². The highest BCUT2D eigenvalue weighted by Crippen LogP contribution is 2.26. The summed E-state index contributed by atoms with van der Waals surface area (Å²) in [6.45, 7) is 7.18. The van der Waals surface area contributed by atoms with E-state index in [4.69, 9.17) is 0 Å². The second kappa shape index (κ2) is 7.03. The van der Waals surface area contributed by atoms with Gasteiger partial charge in [0.05, 0.1) is 0 Å². The Kier molecular flexibility index (Phi) is 5.61. The van der Waals surface area contributed by atoms with Gasteiger partial charge in [-0.1, -0.05) is 12.8 Å². The fourth-order valence-electron chi connectivity index (χ4n) is 3.11. The molecule has 0 aromatic carbocycles. The second-order valence-electron chi connectivity index (χ2n) is 6.71. The molecule has 1 saturated carbocycles. The van der Waals surface area contributed by atoms with Gasteiger partial charge in [-0.05, 0) is 39.4 Å². The zero-order valence-corrected chi connectivity index (χ0v) is 13.9. The first-order valence-electron chi connectivity index (χ1n) is 7.84. The molecule has 2 amide bonds. The van der Waals surface area contributed by atoms with Gasteiger partial charge in [0, 0.05) is 36.5 Å². The topological polar surface area (TPSA) is 44.4 Å². The van der Waals surface area contributed by atoms with Crippen molar-refractivity contribution in [1.82, 2.24) is 15.5 Å². The van der Waals surface area contributed by atoms with Crippen LogP contribution in [0.15, 0.2) is 0 Å². The molecular weight excluding hydrogens is 270 g/mol. The number of hydrogen-bond acceptors (Lipinski definition) is 3. The summed E-state index contributed by atoms with van der Waals surface area (Å²) < 4.78 is 0.100. The van der Waals surface area contributed by atoms with E-state index < -0.39 is 0 Å². The lowest BCUT2D eigenvalue weighted by Gasteiger charge is -2.24. The van der Waals surface area contributed by atoms with Gasteiger partial charge in [-0.15, -0.1) is 0 Å². The lowest BCUT2D eigenvalue weighted by atomic mass is 10.2. The van der Waals surface area contributed by atoms with Gasteiger partial charge >= 0.3 is 6.03 Å². The van der Waals surface area contributed by atoms with E-state index in [-0.39, 0.29) is 10.8 Å². The Morgan fingerprint density at radius 2 is 2.00 bits per heavy atom. The number of nitrogens with zero attached hydrogens (tertiary/aromatic N) is 1. The second-order valence-corrected chi connectivity index (χ2v) is 8.22. The average Bonchev–Trinajstić information content (AvgIpc) is 3.07. The minimum atomic E-state index is -0.00889. The van der Waals surface area contributed by atoms with Gasteiger partial charge in [0.25, 0.3) is 0 Å². The summed E-state index contributed by atoms with van der Waals surface area (Å²) in [5.74, 6) is 0. The molecule has 5 heteroatoms. The fraction of sp³-hybridized carbons (Fsp3) is 0.933. The highest BCUT2D eigenvalue weighted by atomic mass is 32.2. The number of amides is 2. The minimum absolute atomic E-state index is 0.00889. The number of carbonyl (C=O) groups excluding carboxylic acids is 1. The van der Waals surface area contributed by atoms with Gasteiger partial charge in [0.2, 0.25) is 0 Å². The number of hydrogen-bond donors (Lipinski definition) is 2. The van der Waals surface area contributed by atoms with E-state index in [9.17, 15) is 4.79 Å². The van der Waals surface area contributed by atoms with Crippen LogP contribution in [0.2, 0.25) is 0 Å². The molecule has 2 aliphatic rings. The van der Waals surface area contributed by atoms with Gasteiger partial charge in [0.15, 0.2) is 0 Å². The van der Waals surface area contributed by atoms with Crippen molar-refractivity contribution < 1.29 is 4.79 Å². The summed E-state index contributed by atoms with van der Waals surface area (Å²) in [7, 11) is 0. The van der Waals surface area contributed by atoms with Gasteiger partial charge in [-0.2, -0.15) is 11.8 Å². The van der Waals surface area contributed by atoms with E-state index in [1.54, 1.807) is 11.8 Å². The Bertz CT molecular complexity index is 329. The Labute approximate surface area is 127 Å². The first-order chi connectivity index (χ1) is 9.50. The smallest absolute Gasteiger partial charge is 0.315 e. The van der Waals surface area contributed by atoms with Gasteiger partial charge < -0.3 is 10.6 Å². The fourth-order valence-corrected chi connectivity index (χ4v) is 3.32. The molecule has 1 heterocycles. The monoisotopic (exact) mass is 299 g/mol. The van der Waals surface area contributed by atoms with Crippen LogP contribution < -0.4 is 10.6 Å². The standard InChI is InChI=1S/C15H29N3OS/c1-15(2,20-3)11-16-14(19)17-12-8-9-18(10-12)13-6-4-5-7-13/h12-13H,4-11H2,1-3H3,(H2,16,17,19). The zero-order chi connectivity index (χ0) is 14.6. The summed E-state index contributed by atoms with van der Waals surface area (Å²) in [5, 5.41) is 6.12. The van der Waals surface area contributed by atoms with E-state index in [1.807, 2.05) is 0 Å². The molecule has 0 bridgehead atoms. The summed E-state index contributed by atoms with van der Waals surface area (Å²) in [4.78, 5) is 14.5. The Morgan fingerprint density at radius 3 is 2.65 bits per heavy atom. The largest absolute Gasteiger partial charge is 0.337 e. The Hall–Kier alpha value is -0.420. The van der Waals surface area contributed by atoms with Gasteiger partial charge in [-0.25, -0.2) is 4.79 Å². The molecule has 1 atom stereocenters. The summed E-state index contributed by atoms with van der Waals surface area (Å²) in [5.41, 5.74) is 0. The molecule has 1 unspecified atom stereocenters. The van der Waals surface area contributed by atoms with Crippen molar-refractivity contribution in [3.05, 3.63) is 0 Å². The lowest BCUT2D eigenvalue weighted by molar-refractivity contribution is 0.227. The molecule has 0 aromatic heterocycles. The highest BCUT2D eigenvalue weighted by molar-refractivity contribution is 7.99. The molecular formula is C15H29N3OS. The lowest BCUT2D eigenvalue weighted by Crippen LogP contribution is -2.47. The van der Waals surface area contributed by atoms with Crippen molar-refractivity contribution in [2.24, 2.45) is 0 Å². The first kappa shape index (κ1) is 16.0. The molecule has 2 N–H and O–H groups in total. The third kappa shape index (κ3) is 4.55. The molecule has 0 radical (unpaired) electrons. The first-order valence-corrected chi connectivity index (χ1v) is 9.06. The minimum Gasteiger partial charge on any atom is -0.337 e. The van der Waals surface area contributed by atoms with Crippen LogP contribution >= 0.6 is 11.8 Å². The van der Waals surface area contributed by atoms with Crippen molar-refractivity contribution in [1.29, 1.82) is 0 Å². The number of urea groups is 1. The highest BCUT2D eigenvalue weighted by Gasteiger charge is 2.30. The van der Waals surface area contributed by atoms with Crippen LogP contribution in [-0.2, 0) is 0 Å². The van der Waals surface area contributed by atoms with E-state index in [0.717, 1.165) is 25.6 Å². The van der Waals surface area contributed by atoms with Crippen LogP contribution in [-0.4, -0.2) is 53.7 Å². The SMILES string of the molecule is CSC(C)(C)CNC(=O)NC1CCN(C2CCCC2)C1. The maximum Gasteiger partial charge on any atom is 0.315 e. The summed E-state index contributed by atoms with van der Waals surface area (Å²) >= 11 is 1.78. The molecule has 2 fully saturated rings. The Balaban J connectivity index is 1.68. The molecule has 1 aliphatic heterocycles. The maximum atomic E-state index is 11.9. The van der Waals surface area contributed by atoms with E-state index in [2.05, 4.69) is 35.6 Å². The molecule has 116 valence electrons. The average molecular weight is 299 g/mol. The third-order valence-electron chi connectivity index (χ3n) is 4.62. The predicted molar refractivity (Wildman–Crippen MR) is 86.4 cm³/mol. The van der Waals surface area contributed by atoms with Crippen molar-refractivity contribution in [3.63, 3.8) is 0 Å². The van der Waals surface area contributed by atoms with Crippen LogP contribution in [0.4, 0.5) is 4.79 Å². The number of rotatable bonds is 5. The number of likely N-dealkylation sites (tertiary alicyclic amines) is 1. The van der Waals surface area contributed by atoms with Crippen LogP contribution in [0.25, 0.3) is 0 Å². The maximum absolute atomic E-state index is 11.9. The van der Waals surface area contributed by atoms with E-state index in [0.29, 0.717) is 12.6 Å². The summed E-state index contributed by atoms with van der Waals surface area (Å²) in [6.07, 6.45) is 8.63. The van der Waals surface area contributed by atoms with Crippen LogP contribution in [0.5, 0.6) is 0 Å². The molecule has 1 saturated heterocycles. The molecule has 2 rings (SSSR count). The molecule has 0 aromatic rings. The molecule has 1 aliphatic carbocycles. The molecule has 0 spiro atoms. The normalized spacial score (nSPS) is 25.1. The number of carbonyl (C=O) groups is 1. The van der Waals surface area contributed by atoms with Crippen molar-refractivity contribution in [2.45, 2.75) is 62.8 Å². The van der Waals surface area contributed by atoms with Crippen molar-refractivity contribution in [2.75, 3.05) is 25.9 Å². The van der Waals surface area contributed by atoms with Crippen LogP contribution in [0, 0.1) is 0 Å². The Morgan fingerprint density at radius 1 is 1.30 bits per heavy atom. The van der Waals surface area contributed by atoms with Crippen molar-refractivity contribution >= 4 is 17.8 Å². The van der Waals surface area contributed by atoms with E-state index in [1.165, 1.54) is 25.7 Å². The zero-order valence-electron chi connectivity index (χ0n) is 13.1. The van der Waals surface area contributed by atoms with Crippen molar-refractivity contribution in [3.8, 4) is 0 Å². The third-order valence-corrected chi connectivity index (χ3v) is 5.87. The quantitative estimate of drug-likeness (QED) is 0.819. The number of thioether (sulfide) groups is 1.